The maximum atomic E-state index is 13.0. The first kappa shape index (κ1) is 23.7. The number of hydrogen-bond donors (Lipinski definition) is 1. The maximum Gasteiger partial charge on any atom is 0.241 e. The van der Waals surface area contributed by atoms with Crippen LogP contribution < -0.4 is 14.4 Å². The third-order valence-corrected chi connectivity index (χ3v) is 7.64. The molecule has 0 bridgehead atoms. The van der Waals surface area contributed by atoms with Crippen molar-refractivity contribution in [3.63, 3.8) is 0 Å². The van der Waals surface area contributed by atoms with Gasteiger partial charge in [0, 0.05) is 12.0 Å². The van der Waals surface area contributed by atoms with Crippen LogP contribution >= 0.6 is 23.2 Å². The lowest BCUT2D eigenvalue weighted by Crippen LogP contribution is -2.47. The SMILES string of the molecule is CCC1(CC)CC(NC(=O)CN(c2cccc(Cl)c2Cl)S(C)(=O)=O)c2ccccc2O1. The van der Waals surface area contributed by atoms with Crippen molar-refractivity contribution in [2.75, 3.05) is 17.1 Å². The molecule has 1 atom stereocenters. The molecule has 1 amide bonds. The molecule has 0 fully saturated rings. The minimum Gasteiger partial charge on any atom is -0.487 e. The number of rotatable bonds is 7. The second kappa shape index (κ2) is 9.27. The van der Waals surface area contributed by atoms with Gasteiger partial charge in [-0.2, -0.15) is 0 Å². The van der Waals surface area contributed by atoms with E-state index in [0.29, 0.717) is 6.42 Å². The number of halogens is 2. The number of carbonyl (C=O) groups excluding carboxylic acids is 1. The zero-order valence-electron chi connectivity index (χ0n) is 17.7. The molecule has 0 aromatic heterocycles. The highest BCUT2D eigenvalue weighted by molar-refractivity contribution is 7.92. The number of nitrogens with one attached hydrogen (secondary N) is 1. The topological polar surface area (TPSA) is 75.7 Å². The molecule has 1 unspecified atom stereocenters. The van der Waals surface area contributed by atoms with E-state index in [0.717, 1.165) is 34.7 Å². The Bertz CT molecular complexity index is 1070. The lowest BCUT2D eigenvalue weighted by atomic mass is 9.83. The summed E-state index contributed by atoms with van der Waals surface area (Å²) in [6.45, 7) is 3.70. The number of ether oxygens (including phenoxy) is 1. The van der Waals surface area contributed by atoms with Crippen LogP contribution in [0.5, 0.6) is 5.75 Å². The molecule has 6 nitrogen and oxygen atoms in total. The summed E-state index contributed by atoms with van der Waals surface area (Å²) in [6, 6.07) is 12.0. The molecule has 0 aliphatic carbocycles. The van der Waals surface area contributed by atoms with Gasteiger partial charge in [-0.1, -0.05) is 61.3 Å². The van der Waals surface area contributed by atoms with Crippen LogP contribution in [0.25, 0.3) is 0 Å². The van der Waals surface area contributed by atoms with Crippen LogP contribution in [0.1, 0.15) is 44.7 Å². The van der Waals surface area contributed by atoms with Crippen molar-refractivity contribution < 1.29 is 17.9 Å². The highest BCUT2D eigenvalue weighted by Gasteiger charge is 2.39. The number of fused-ring (bicyclic) bond motifs is 1. The van der Waals surface area contributed by atoms with Gasteiger partial charge >= 0.3 is 0 Å². The van der Waals surface area contributed by atoms with E-state index in [1.807, 2.05) is 24.3 Å². The highest BCUT2D eigenvalue weighted by atomic mass is 35.5. The summed E-state index contributed by atoms with van der Waals surface area (Å²) in [7, 11) is -3.78. The average molecular weight is 485 g/mol. The van der Waals surface area contributed by atoms with Crippen molar-refractivity contribution in [3.05, 3.63) is 58.1 Å². The molecule has 0 saturated carbocycles. The van der Waals surface area contributed by atoms with Crippen molar-refractivity contribution in [2.45, 2.75) is 44.8 Å². The number of carbonyl (C=O) groups is 1. The first-order valence-electron chi connectivity index (χ1n) is 10.1. The molecular formula is C22H26Cl2N2O4S. The minimum atomic E-state index is -3.78. The third-order valence-electron chi connectivity index (χ3n) is 5.71. The van der Waals surface area contributed by atoms with Crippen molar-refractivity contribution >= 4 is 44.8 Å². The molecule has 3 rings (SSSR count). The summed E-state index contributed by atoms with van der Waals surface area (Å²) >= 11 is 12.3. The van der Waals surface area contributed by atoms with Crippen molar-refractivity contribution in [1.82, 2.24) is 5.32 Å². The maximum absolute atomic E-state index is 13.0. The monoisotopic (exact) mass is 484 g/mol. The molecular weight excluding hydrogens is 459 g/mol. The summed E-state index contributed by atoms with van der Waals surface area (Å²) in [4.78, 5) is 13.0. The Kier molecular flexibility index (Phi) is 7.08. The summed E-state index contributed by atoms with van der Waals surface area (Å²) in [5.41, 5.74) is 0.648. The number of sulfonamides is 1. The Hall–Kier alpha value is -1.96. The average Bonchev–Trinajstić information content (AvgIpc) is 2.73. The van der Waals surface area contributed by atoms with Gasteiger partial charge in [0.05, 0.1) is 28.0 Å². The van der Waals surface area contributed by atoms with E-state index < -0.39 is 22.5 Å². The lowest BCUT2D eigenvalue weighted by molar-refractivity contribution is -0.121. The van der Waals surface area contributed by atoms with Crippen molar-refractivity contribution in [3.8, 4) is 5.75 Å². The van der Waals surface area contributed by atoms with Gasteiger partial charge in [0.15, 0.2) is 0 Å². The molecule has 1 aliphatic heterocycles. The first-order valence-corrected chi connectivity index (χ1v) is 12.7. The Morgan fingerprint density at radius 1 is 1.16 bits per heavy atom. The number of benzene rings is 2. The molecule has 1 aliphatic rings. The van der Waals surface area contributed by atoms with E-state index in [2.05, 4.69) is 19.2 Å². The predicted octanol–water partition coefficient (Wildman–Crippen LogP) is 4.96. The Labute approximate surface area is 193 Å². The Morgan fingerprint density at radius 2 is 1.84 bits per heavy atom. The van der Waals surface area contributed by atoms with Gasteiger partial charge in [-0.3, -0.25) is 9.10 Å². The molecule has 168 valence electrons. The predicted molar refractivity (Wildman–Crippen MR) is 125 cm³/mol. The number of anilines is 1. The minimum absolute atomic E-state index is 0.0785. The fraction of sp³-hybridized carbons (Fsp3) is 0.409. The highest BCUT2D eigenvalue weighted by Crippen LogP contribution is 2.42. The molecule has 0 radical (unpaired) electrons. The van der Waals surface area contributed by atoms with Crippen LogP contribution in [0.15, 0.2) is 42.5 Å². The van der Waals surface area contributed by atoms with Crippen LogP contribution in [-0.2, 0) is 14.8 Å². The van der Waals surface area contributed by atoms with Gasteiger partial charge in [-0.05, 0) is 31.0 Å². The van der Waals surface area contributed by atoms with E-state index >= 15 is 0 Å². The van der Waals surface area contributed by atoms with E-state index in [4.69, 9.17) is 27.9 Å². The summed E-state index contributed by atoms with van der Waals surface area (Å²) < 4.78 is 32.1. The molecule has 1 N–H and O–H groups in total. The van der Waals surface area contributed by atoms with Crippen LogP contribution in [0.4, 0.5) is 5.69 Å². The van der Waals surface area contributed by atoms with Gasteiger partial charge in [-0.15, -0.1) is 0 Å². The molecule has 9 heteroatoms. The second-order valence-corrected chi connectivity index (χ2v) is 10.4. The number of para-hydroxylation sites is 1. The second-order valence-electron chi connectivity index (χ2n) is 7.70. The van der Waals surface area contributed by atoms with E-state index in [1.54, 1.807) is 12.1 Å². The van der Waals surface area contributed by atoms with Gasteiger partial charge in [0.25, 0.3) is 0 Å². The third kappa shape index (κ3) is 5.10. The standard InChI is InChI=1S/C22H26Cl2N2O4S/c1-4-22(5-2)13-17(15-9-6-7-12-19(15)30-22)25-20(27)14-26(31(3,28)29)18-11-8-10-16(23)21(18)24/h6-12,17H,4-5,13-14H2,1-3H3,(H,25,27). The molecule has 0 saturated heterocycles. The van der Waals surface area contributed by atoms with Crippen LogP contribution in [0.3, 0.4) is 0 Å². The largest absolute Gasteiger partial charge is 0.487 e. The number of amides is 1. The van der Waals surface area contributed by atoms with Gasteiger partial charge < -0.3 is 10.1 Å². The quantitative estimate of drug-likeness (QED) is 0.602. The fourth-order valence-electron chi connectivity index (χ4n) is 3.87. The molecule has 31 heavy (non-hydrogen) atoms. The number of nitrogens with zero attached hydrogens (tertiary/aromatic N) is 1. The van der Waals surface area contributed by atoms with Gasteiger partial charge in [-0.25, -0.2) is 8.42 Å². The van der Waals surface area contributed by atoms with Gasteiger partial charge in [0.2, 0.25) is 15.9 Å². The zero-order chi connectivity index (χ0) is 22.8. The zero-order valence-corrected chi connectivity index (χ0v) is 20.0. The van der Waals surface area contributed by atoms with Crippen LogP contribution in [0, 0.1) is 0 Å². The summed E-state index contributed by atoms with van der Waals surface area (Å²) in [6.07, 6.45) is 3.20. The summed E-state index contributed by atoms with van der Waals surface area (Å²) in [5, 5.41) is 3.29. The Morgan fingerprint density at radius 3 is 2.48 bits per heavy atom. The van der Waals surface area contributed by atoms with E-state index in [1.165, 1.54) is 6.07 Å². The molecule has 2 aromatic carbocycles. The van der Waals surface area contributed by atoms with Gasteiger partial charge in [0.1, 0.15) is 17.9 Å². The smallest absolute Gasteiger partial charge is 0.241 e. The lowest BCUT2D eigenvalue weighted by Gasteiger charge is -2.41. The van der Waals surface area contributed by atoms with Crippen LogP contribution in [-0.4, -0.2) is 32.7 Å². The molecule has 0 spiro atoms. The normalized spacial score (nSPS) is 17.4. The van der Waals surface area contributed by atoms with E-state index in [9.17, 15) is 13.2 Å². The molecule has 1 heterocycles. The van der Waals surface area contributed by atoms with Crippen molar-refractivity contribution in [2.24, 2.45) is 0 Å². The van der Waals surface area contributed by atoms with Crippen molar-refractivity contribution in [1.29, 1.82) is 0 Å². The molecule has 2 aromatic rings. The van der Waals surface area contributed by atoms with E-state index in [-0.39, 0.29) is 27.4 Å². The van der Waals surface area contributed by atoms with Crippen LogP contribution in [0.2, 0.25) is 10.0 Å². The fourth-order valence-corrected chi connectivity index (χ4v) is 5.18. The number of hydrogen-bond acceptors (Lipinski definition) is 4. The first-order chi connectivity index (χ1) is 14.6. The summed E-state index contributed by atoms with van der Waals surface area (Å²) in [5.74, 6) is 0.296. The Balaban J connectivity index is 1.88.